The van der Waals surface area contributed by atoms with Gasteiger partial charge in [0.2, 0.25) is 0 Å². The van der Waals surface area contributed by atoms with Gasteiger partial charge in [-0.3, -0.25) is 5.10 Å². The van der Waals surface area contributed by atoms with E-state index in [2.05, 4.69) is 27.3 Å². The Hall–Kier alpha value is -2.61. The van der Waals surface area contributed by atoms with Gasteiger partial charge in [0, 0.05) is 18.4 Å². The molecule has 1 aliphatic carbocycles. The van der Waals surface area contributed by atoms with Gasteiger partial charge in [0.15, 0.2) is 5.69 Å². The van der Waals surface area contributed by atoms with Gasteiger partial charge in [-0.15, -0.1) is 5.10 Å². The van der Waals surface area contributed by atoms with E-state index in [0.29, 0.717) is 12.1 Å². The number of nitrogens with zero attached hydrogens (tertiary/aromatic N) is 2. The number of benzene rings is 1. The molecule has 5 heteroatoms. The molecule has 2 aromatic rings. The molecule has 1 aromatic heterocycles. The van der Waals surface area contributed by atoms with Crippen LogP contribution < -0.4 is 0 Å². The van der Waals surface area contributed by atoms with Crippen molar-refractivity contribution in [1.82, 2.24) is 15.4 Å². The number of hydrogen-bond acceptors (Lipinski definition) is 3. The average Bonchev–Trinajstić information content (AvgIpc) is 3.16. The lowest BCUT2D eigenvalue weighted by Gasteiger charge is -2.00. The van der Waals surface area contributed by atoms with Crippen molar-refractivity contribution in [1.29, 1.82) is 0 Å². The van der Waals surface area contributed by atoms with E-state index >= 15 is 0 Å². The highest BCUT2D eigenvalue weighted by atomic mass is 16.4. The molecule has 0 saturated heterocycles. The summed E-state index contributed by atoms with van der Waals surface area (Å²) in [6, 6.07) is 7.82. The maximum Gasteiger partial charge on any atom is 0.358 e. The largest absolute Gasteiger partial charge is 0.476 e. The first kappa shape index (κ1) is 13.4. The maximum absolute atomic E-state index is 11.0. The molecule has 0 atom stereocenters. The second kappa shape index (κ2) is 5.80. The zero-order chi connectivity index (χ0) is 14.7. The van der Waals surface area contributed by atoms with Gasteiger partial charge in [-0.05, 0) is 36.5 Å². The Morgan fingerprint density at radius 1 is 1.43 bits per heavy atom. The second-order valence-electron chi connectivity index (χ2n) is 5.27. The summed E-state index contributed by atoms with van der Waals surface area (Å²) >= 11 is 0. The summed E-state index contributed by atoms with van der Waals surface area (Å²) in [7, 11) is 0. The molecule has 1 aromatic carbocycles. The minimum absolute atomic E-state index is 0.0276. The van der Waals surface area contributed by atoms with Gasteiger partial charge in [-0.2, -0.15) is 0 Å². The molecule has 0 radical (unpaired) electrons. The van der Waals surface area contributed by atoms with E-state index in [1.54, 1.807) is 0 Å². The van der Waals surface area contributed by atoms with E-state index in [9.17, 15) is 4.79 Å². The molecule has 0 spiro atoms. The van der Waals surface area contributed by atoms with Crippen LogP contribution in [0.1, 0.15) is 46.6 Å². The molecule has 106 valence electrons. The standard InChI is InChI=1S/C16H15N3O2/c20-16(21)15-14(17-19-18-15)10-13-6-2-5-12(9-13)4-1-3-11-7-8-11/h2,5-6,9,11H,3,7-8,10H2,(H,20,21)(H,17,18,19). The third-order valence-corrected chi connectivity index (χ3v) is 3.45. The van der Waals surface area contributed by atoms with Crippen LogP contribution in [0, 0.1) is 17.8 Å². The van der Waals surface area contributed by atoms with Crippen LogP contribution in [0.3, 0.4) is 0 Å². The van der Waals surface area contributed by atoms with E-state index in [1.165, 1.54) is 12.8 Å². The highest BCUT2D eigenvalue weighted by molar-refractivity contribution is 5.86. The van der Waals surface area contributed by atoms with Crippen molar-refractivity contribution in [3.8, 4) is 11.8 Å². The van der Waals surface area contributed by atoms with E-state index in [4.69, 9.17) is 5.11 Å². The molecule has 2 N–H and O–H groups in total. The molecule has 0 bridgehead atoms. The molecule has 0 aliphatic heterocycles. The third kappa shape index (κ3) is 3.48. The molecule has 1 aliphatic rings. The van der Waals surface area contributed by atoms with Gasteiger partial charge in [0.05, 0.1) is 5.69 Å². The van der Waals surface area contributed by atoms with Crippen molar-refractivity contribution >= 4 is 5.97 Å². The molecule has 0 amide bonds. The summed E-state index contributed by atoms with van der Waals surface area (Å²) in [6.45, 7) is 0. The SMILES string of the molecule is O=C(O)c1nn[nH]c1Cc1cccc(C#CCC2CC2)c1. The van der Waals surface area contributed by atoms with E-state index in [1.807, 2.05) is 24.3 Å². The fraction of sp³-hybridized carbons (Fsp3) is 0.312. The number of H-pyrrole nitrogens is 1. The number of carbonyl (C=O) groups is 1. The summed E-state index contributed by atoms with van der Waals surface area (Å²) in [4.78, 5) is 11.0. The predicted octanol–water partition coefficient (Wildman–Crippen LogP) is 2.25. The number of rotatable bonds is 4. The van der Waals surface area contributed by atoms with Crippen molar-refractivity contribution in [3.05, 3.63) is 46.8 Å². The maximum atomic E-state index is 11.0. The Balaban J connectivity index is 1.74. The molecular formula is C16H15N3O2. The second-order valence-corrected chi connectivity index (χ2v) is 5.27. The van der Waals surface area contributed by atoms with Crippen LogP contribution in [0.4, 0.5) is 0 Å². The monoisotopic (exact) mass is 281 g/mol. The highest BCUT2D eigenvalue weighted by Gasteiger charge is 2.19. The van der Waals surface area contributed by atoms with E-state index in [0.717, 1.165) is 23.5 Å². The first-order valence-electron chi connectivity index (χ1n) is 6.93. The Morgan fingerprint density at radius 3 is 3.05 bits per heavy atom. The number of nitrogens with one attached hydrogen (secondary N) is 1. The zero-order valence-corrected chi connectivity index (χ0v) is 11.5. The number of aromatic carboxylic acids is 1. The number of hydrogen-bond donors (Lipinski definition) is 2. The molecule has 1 heterocycles. The Morgan fingerprint density at radius 2 is 2.29 bits per heavy atom. The fourth-order valence-electron chi connectivity index (χ4n) is 2.13. The Labute approximate surface area is 122 Å². The van der Waals surface area contributed by atoms with Gasteiger partial charge in [-0.25, -0.2) is 4.79 Å². The fourth-order valence-corrected chi connectivity index (χ4v) is 2.13. The zero-order valence-electron chi connectivity index (χ0n) is 11.5. The number of aromatic nitrogens is 3. The molecular weight excluding hydrogens is 266 g/mol. The van der Waals surface area contributed by atoms with Crippen LogP contribution in [0.5, 0.6) is 0 Å². The van der Waals surface area contributed by atoms with Gasteiger partial charge in [0.1, 0.15) is 0 Å². The lowest BCUT2D eigenvalue weighted by molar-refractivity contribution is 0.0689. The average molecular weight is 281 g/mol. The summed E-state index contributed by atoms with van der Waals surface area (Å²) < 4.78 is 0. The van der Waals surface area contributed by atoms with Crippen LogP contribution in [-0.2, 0) is 6.42 Å². The predicted molar refractivity (Wildman–Crippen MR) is 76.8 cm³/mol. The van der Waals surface area contributed by atoms with Gasteiger partial charge in [0.25, 0.3) is 0 Å². The number of carboxylic acids is 1. The first-order chi connectivity index (χ1) is 10.2. The Bertz CT molecular complexity index is 720. The van der Waals surface area contributed by atoms with Gasteiger partial charge >= 0.3 is 5.97 Å². The Kier molecular flexibility index (Phi) is 3.69. The van der Waals surface area contributed by atoms with Crippen molar-refractivity contribution in [2.45, 2.75) is 25.7 Å². The van der Waals surface area contributed by atoms with Crippen molar-refractivity contribution in [2.75, 3.05) is 0 Å². The molecule has 0 unspecified atom stereocenters. The quantitative estimate of drug-likeness (QED) is 0.842. The van der Waals surface area contributed by atoms with E-state index in [-0.39, 0.29) is 5.69 Å². The van der Waals surface area contributed by atoms with Crippen LogP contribution in [0.15, 0.2) is 24.3 Å². The molecule has 3 rings (SSSR count). The van der Waals surface area contributed by atoms with Gasteiger partial charge in [-0.1, -0.05) is 29.2 Å². The molecule has 1 fully saturated rings. The molecule has 1 saturated carbocycles. The topological polar surface area (TPSA) is 78.9 Å². The normalized spacial score (nSPS) is 13.5. The van der Waals surface area contributed by atoms with E-state index < -0.39 is 5.97 Å². The van der Waals surface area contributed by atoms with Crippen LogP contribution >= 0.6 is 0 Å². The summed E-state index contributed by atoms with van der Waals surface area (Å²) in [5.41, 5.74) is 2.42. The van der Waals surface area contributed by atoms with Gasteiger partial charge < -0.3 is 5.11 Å². The van der Waals surface area contributed by atoms with Crippen LogP contribution in [-0.4, -0.2) is 26.5 Å². The van der Waals surface area contributed by atoms with Crippen LogP contribution in [0.2, 0.25) is 0 Å². The smallest absolute Gasteiger partial charge is 0.358 e. The summed E-state index contributed by atoms with van der Waals surface area (Å²) in [5.74, 6) is 6.10. The highest BCUT2D eigenvalue weighted by Crippen LogP contribution is 2.31. The van der Waals surface area contributed by atoms with Crippen molar-refractivity contribution in [2.24, 2.45) is 5.92 Å². The number of aromatic amines is 1. The van der Waals surface area contributed by atoms with Crippen LogP contribution in [0.25, 0.3) is 0 Å². The summed E-state index contributed by atoms with van der Waals surface area (Å²) in [5, 5.41) is 18.8. The number of carboxylic acid groups (broad SMARTS) is 1. The first-order valence-corrected chi connectivity index (χ1v) is 6.93. The lowest BCUT2D eigenvalue weighted by atomic mass is 10.1. The van der Waals surface area contributed by atoms with Crippen molar-refractivity contribution < 1.29 is 9.90 Å². The summed E-state index contributed by atoms with van der Waals surface area (Å²) in [6.07, 6.45) is 4.03. The minimum atomic E-state index is -1.07. The lowest BCUT2D eigenvalue weighted by Crippen LogP contribution is -2.02. The molecule has 21 heavy (non-hydrogen) atoms. The third-order valence-electron chi connectivity index (χ3n) is 3.45. The minimum Gasteiger partial charge on any atom is -0.476 e. The van der Waals surface area contributed by atoms with Crippen molar-refractivity contribution in [3.63, 3.8) is 0 Å². The molecule has 5 nitrogen and oxygen atoms in total.